The lowest BCUT2D eigenvalue weighted by Crippen LogP contribution is -2.30. The van der Waals surface area contributed by atoms with E-state index in [0.29, 0.717) is 5.76 Å². The Morgan fingerprint density at radius 1 is 1.71 bits per heavy atom. The smallest absolute Gasteiger partial charge is 0.320 e. The Bertz CT molecular complexity index is 335. The molecule has 0 radical (unpaired) electrons. The minimum Gasteiger partial charge on any atom is -0.480 e. The van der Waals surface area contributed by atoms with E-state index in [2.05, 4.69) is 5.32 Å². The number of nitrogens with one attached hydrogen (secondary N) is 1. The highest BCUT2D eigenvalue weighted by molar-refractivity contribution is 5.74. The molecule has 0 saturated carbocycles. The summed E-state index contributed by atoms with van der Waals surface area (Å²) in [5, 5.41) is 21.5. The molecule has 0 spiro atoms. The second kappa shape index (κ2) is 3.11. The highest BCUT2D eigenvalue weighted by Gasteiger charge is 2.43. The lowest BCUT2D eigenvalue weighted by molar-refractivity contribution is -0.139. The summed E-state index contributed by atoms with van der Waals surface area (Å²) in [4.78, 5) is 10.7. The van der Waals surface area contributed by atoms with Gasteiger partial charge in [0, 0.05) is 13.0 Å². The maximum atomic E-state index is 10.7. The first-order valence-electron chi connectivity index (χ1n) is 4.34. The molecule has 2 atom stereocenters. The van der Waals surface area contributed by atoms with Crippen molar-refractivity contribution < 1.29 is 19.4 Å². The Kier molecular flexibility index (Phi) is 2.05. The lowest BCUT2D eigenvalue weighted by atomic mass is 9.97. The van der Waals surface area contributed by atoms with Crippen LogP contribution in [0.3, 0.4) is 0 Å². The summed E-state index contributed by atoms with van der Waals surface area (Å²) in [7, 11) is 0. The second-order valence-electron chi connectivity index (χ2n) is 3.48. The normalized spacial score (nSPS) is 31.9. The van der Waals surface area contributed by atoms with Crippen LogP contribution in [0, 0.1) is 0 Å². The molecule has 2 rings (SSSR count). The van der Waals surface area contributed by atoms with E-state index in [-0.39, 0.29) is 13.0 Å². The highest BCUT2D eigenvalue weighted by atomic mass is 16.4. The van der Waals surface area contributed by atoms with Crippen molar-refractivity contribution in [2.45, 2.75) is 18.1 Å². The fraction of sp³-hybridized carbons (Fsp3) is 0.444. The molecular formula is C9H11NO4. The Balaban J connectivity index is 2.17. The van der Waals surface area contributed by atoms with E-state index >= 15 is 0 Å². The van der Waals surface area contributed by atoms with Crippen LogP contribution in [0.25, 0.3) is 0 Å². The molecule has 1 aromatic heterocycles. The topological polar surface area (TPSA) is 82.7 Å². The average Bonchev–Trinajstić information content (AvgIpc) is 2.71. The van der Waals surface area contributed by atoms with Gasteiger partial charge in [0.2, 0.25) is 0 Å². The molecule has 14 heavy (non-hydrogen) atoms. The Hall–Kier alpha value is -1.33. The van der Waals surface area contributed by atoms with Gasteiger partial charge in [-0.1, -0.05) is 0 Å². The van der Waals surface area contributed by atoms with Gasteiger partial charge in [-0.2, -0.15) is 0 Å². The third kappa shape index (κ3) is 1.40. The minimum absolute atomic E-state index is 0.135. The molecule has 0 amide bonds. The first-order valence-corrected chi connectivity index (χ1v) is 4.34. The molecule has 1 aliphatic rings. The molecule has 1 unspecified atom stereocenters. The number of carbonyl (C=O) groups is 1. The van der Waals surface area contributed by atoms with E-state index < -0.39 is 17.6 Å². The first kappa shape index (κ1) is 9.23. The average molecular weight is 197 g/mol. The molecule has 0 bridgehead atoms. The summed E-state index contributed by atoms with van der Waals surface area (Å²) in [6.45, 7) is 0.206. The van der Waals surface area contributed by atoms with Crippen LogP contribution in [-0.2, 0) is 10.4 Å². The van der Waals surface area contributed by atoms with Crippen LogP contribution in [0.15, 0.2) is 22.8 Å². The molecule has 3 N–H and O–H groups in total. The number of rotatable bonds is 2. The minimum atomic E-state index is -1.19. The van der Waals surface area contributed by atoms with E-state index in [9.17, 15) is 9.90 Å². The molecule has 76 valence electrons. The second-order valence-corrected chi connectivity index (χ2v) is 3.48. The van der Waals surface area contributed by atoms with E-state index in [0.717, 1.165) is 0 Å². The Morgan fingerprint density at radius 2 is 2.50 bits per heavy atom. The number of carboxylic acids is 1. The van der Waals surface area contributed by atoms with Gasteiger partial charge in [0.1, 0.15) is 17.4 Å². The highest BCUT2D eigenvalue weighted by Crippen LogP contribution is 2.30. The standard InChI is InChI=1S/C9H11NO4/c11-8(12)6-4-9(13,5-10-6)7-2-1-3-14-7/h1-3,6,10,13H,4-5H2,(H,11,12)/t6-,9?/m0/s1. The third-order valence-corrected chi connectivity index (χ3v) is 2.46. The number of β-amino-alcohol motifs (C(OH)–C–C–N with tert-alkyl or cyclic N) is 1. The molecule has 1 aromatic rings. The van der Waals surface area contributed by atoms with Gasteiger partial charge in [-0.15, -0.1) is 0 Å². The summed E-state index contributed by atoms with van der Waals surface area (Å²) < 4.78 is 5.07. The number of carboxylic acid groups (broad SMARTS) is 1. The van der Waals surface area contributed by atoms with Crippen LogP contribution in [0.4, 0.5) is 0 Å². The monoisotopic (exact) mass is 197 g/mol. The van der Waals surface area contributed by atoms with Gasteiger partial charge in [0.15, 0.2) is 0 Å². The van der Waals surface area contributed by atoms with Gasteiger partial charge in [0.25, 0.3) is 0 Å². The van der Waals surface area contributed by atoms with Crippen LogP contribution in [0.2, 0.25) is 0 Å². The molecule has 5 nitrogen and oxygen atoms in total. The number of aliphatic carboxylic acids is 1. The zero-order valence-corrected chi connectivity index (χ0v) is 7.43. The number of hydrogen-bond acceptors (Lipinski definition) is 4. The van der Waals surface area contributed by atoms with Gasteiger partial charge in [0.05, 0.1) is 6.26 Å². The van der Waals surface area contributed by atoms with Gasteiger partial charge in [-0.25, -0.2) is 0 Å². The predicted molar refractivity (Wildman–Crippen MR) is 46.6 cm³/mol. The molecule has 1 aliphatic heterocycles. The van der Waals surface area contributed by atoms with Crippen LogP contribution in [-0.4, -0.2) is 28.8 Å². The predicted octanol–water partition coefficient (Wildman–Crippen LogP) is -0.0863. The van der Waals surface area contributed by atoms with Crippen molar-refractivity contribution in [2.75, 3.05) is 6.54 Å². The van der Waals surface area contributed by atoms with Crippen LogP contribution >= 0.6 is 0 Å². The number of furan rings is 1. The number of aliphatic hydroxyl groups is 1. The molecule has 0 aliphatic carbocycles. The maximum Gasteiger partial charge on any atom is 0.320 e. The fourth-order valence-electron chi connectivity index (χ4n) is 1.68. The molecule has 1 saturated heterocycles. The summed E-state index contributed by atoms with van der Waals surface area (Å²) in [5.41, 5.74) is -1.19. The molecule has 1 fully saturated rings. The SMILES string of the molecule is O=C(O)[C@@H]1CC(O)(c2ccco2)CN1. The summed E-state index contributed by atoms with van der Waals surface area (Å²) >= 11 is 0. The van der Waals surface area contributed by atoms with E-state index in [4.69, 9.17) is 9.52 Å². The van der Waals surface area contributed by atoms with Crippen LogP contribution in [0.5, 0.6) is 0 Å². The maximum absolute atomic E-state index is 10.7. The fourth-order valence-corrected chi connectivity index (χ4v) is 1.68. The Labute approximate surface area is 80.3 Å². The van der Waals surface area contributed by atoms with Crippen molar-refractivity contribution in [3.05, 3.63) is 24.2 Å². The van der Waals surface area contributed by atoms with Crippen molar-refractivity contribution in [1.29, 1.82) is 0 Å². The van der Waals surface area contributed by atoms with Crippen molar-refractivity contribution in [3.8, 4) is 0 Å². The summed E-state index contributed by atoms with van der Waals surface area (Å²) in [5.74, 6) is -0.541. The molecule has 2 heterocycles. The largest absolute Gasteiger partial charge is 0.480 e. The first-order chi connectivity index (χ1) is 6.62. The Morgan fingerprint density at radius 3 is 3.00 bits per heavy atom. The molecular weight excluding hydrogens is 186 g/mol. The van der Waals surface area contributed by atoms with Crippen molar-refractivity contribution in [3.63, 3.8) is 0 Å². The quantitative estimate of drug-likeness (QED) is 0.617. The van der Waals surface area contributed by atoms with Crippen LogP contribution in [0.1, 0.15) is 12.2 Å². The summed E-state index contributed by atoms with van der Waals surface area (Å²) in [6.07, 6.45) is 1.59. The van der Waals surface area contributed by atoms with Crippen molar-refractivity contribution in [1.82, 2.24) is 5.32 Å². The lowest BCUT2D eigenvalue weighted by Gasteiger charge is -2.17. The van der Waals surface area contributed by atoms with Crippen LogP contribution < -0.4 is 5.32 Å². The molecule has 0 aromatic carbocycles. The van der Waals surface area contributed by atoms with Crippen molar-refractivity contribution >= 4 is 5.97 Å². The van der Waals surface area contributed by atoms with Gasteiger partial charge >= 0.3 is 5.97 Å². The van der Waals surface area contributed by atoms with Crippen molar-refractivity contribution in [2.24, 2.45) is 0 Å². The van der Waals surface area contributed by atoms with E-state index in [1.54, 1.807) is 12.1 Å². The number of hydrogen-bond donors (Lipinski definition) is 3. The summed E-state index contributed by atoms with van der Waals surface area (Å²) in [6, 6.07) is 2.61. The molecule has 5 heteroatoms. The van der Waals surface area contributed by atoms with Gasteiger partial charge < -0.3 is 19.9 Å². The third-order valence-electron chi connectivity index (χ3n) is 2.46. The van der Waals surface area contributed by atoms with Gasteiger partial charge in [-0.05, 0) is 12.1 Å². The van der Waals surface area contributed by atoms with E-state index in [1.807, 2.05) is 0 Å². The van der Waals surface area contributed by atoms with E-state index in [1.165, 1.54) is 6.26 Å². The van der Waals surface area contributed by atoms with Gasteiger partial charge in [-0.3, -0.25) is 4.79 Å². The zero-order chi connectivity index (χ0) is 10.2. The zero-order valence-electron chi connectivity index (χ0n) is 7.43.